The SMILES string of the molecule is C=CC(O)[C@@H](CO[Si](C)(C)C(C)(C)C)NC(=O)OCc1ccccc1. The molecule has 2 N–H and O–H groups in total. The number of rotatable bonds is 8. The Morgan fingerprint density at radius 3 is 2.44 bits per heavy atom. The average molecular weight is 366 g/mol. The standard InChI is InChI=1S/C19H31NO4Si/c1-7-17(21)16(14-24-25(5,6)19(2,3)4)20-18(22)23-13-15-11-9-8-10-12-15/h7-12,16-17,21H,1,13-14H2,2-6H3,(H,20,22)/t16-,17?/m1/s1. The molecule has 140 valence electrons. The van der Waals surface area contributed by atoms with Crippen molar-refractivity contribution in [3.05, 3.63) is 48.6 Å². The van der Waals surface area contributed by atoms with Crippen LogP contribution in [0.5, 0.6) is 0 Å². The number of aliphatic hydroxyl groups excluding tert-OH is 1. The van der Waals surface area contributed by atoms with Crippen molar-refractivity contribution in [3.8, 4) is 0 Å². The predicted molar refractivity (Wildman–Crippen MR) is 103 cm³/mol. The zero-order chi connectivity index (χ0) is 19.1. The number of alkyl carbamates (subject to hydrolysis) is 1. The molecule has 0 radical (unpaired) electrons. The van der Waals surface area contributed by atoms with Gasteiger partial charge in [-0.1, -0.05) is 57.2 Å². The maximum atomic E-state index is 12.0. The molecule has 0 heterocycles. The molecule has 1 unspecified atom stereocenters. The van der Waals surface area contributed by atoms with Gasteiger partial charge in [0.15, 0.2) is 8.32 Å². The topological polar surface area (TPSA) is 67.8 Å². The van der Waals surface area contributed by atoms with Gasteiger partial charge in [-0.3, -0.25) is 0 Å². The molecule has 0 spiro atoms. The monoisotopic (exact) mass is 365 g/mol. The van der Waals surface area contributed by atoms with Crippen LogP contribution in [0.4, 0.5) is 4.79 Å². The molecule has 1 aromatic rings. The largest absolute Gasteiger partial charge is 0.445 e. The Morgan fingerprint density at radius 1 is 1.32 bits per heavy atom. The van der Waals surface area contributed by atoms with E-state index in [2.05, 4.69) is 45.8 Å². The predicted octanol–water partition coefficient (Wildman–Crippen LogP) is 3.85. The van der Waals surface area contributed by atoms with Gasteiger partial charge in [0.05, 0.1) is 18.8 Å². The van der Waals surface area contributed by atoms with E-state index in [0.717, 1.165) is 5.56 Å². The Balaban J connectivity index is 2.60. The van der Waals surface area contributed by atoms with Gasteiger partial charge in [-0.2, -0.15) is 0 Å². The van der Waals surface area contributed by atoms with Gasteiger partial charge in [0.1, 0.15) is 6.61 Å². The van der Waals surface area contributed by atoms with Crippen LogP contribution >= 0.6 is 0 Å². The first-order chi connectivity index (χ1) is 11.6. The first-order valence-corrected chi connectivity index (χ1v) is 11.4. The highest BCUT2D eigenvalue weighted by molar-refractivity contribution is 6.74. The molecular weight excluding hydrogens is 334 g/mol. The Labute approximate surface area is 152 Å². The van der Waals surface area contributed by atoms with E-state index >= 15 is 0 Å². The molecule has 6 heteroatoms. The van der Waals surface area contributed by atoms with Crippen molar-refractivity contribution >= 4 is 14.4 Å². The molecule has 1 aromatic carbocycles. The van der Waals surface area contributed by atoms with E-state index in [-0.39, 0.29) is 18.3 Å². The first-order valence-electron chi connectivity index (χ1n) is 8.48. The average Bonchev–Trinajstić information content (AvgIpc) is 2.56. The van der Waals surface area contributed by atoms with Crippen molar-refractivity contribution in [2.45, 2.75) is 57.7 Å². The third-order valence-electron chi connectivity index (χ3n) is 4.60. The van der Waals surface area contributed by atoms with E-state index in [1.807, 2.05) is 30.3 Å². The van der Waals surface area contributed by atoms with Crippen LogP contribution in [0, 0.1) is 0 Å². The van der Waals surface area contributed by atoms with Crippen molar-refractivity contribution in [1.82, 2.24) is 5.32 Å². The fourth-order valence-corrected chi connectivity index (χ4v) is 2.85. The lowest BCUT2D eigenvalue weighted by atomic mass is 10.2. The van der Waals surface area contributed by atoms with Gasteiger partial charge < -0.3 is 19.6 Å². The van der Waals surface area contributed by atoms with E-state index in [0.29, 0.717) is 0 Å². The van der Waals surface area contributed by atoms with Crippen LogP contribution in [0.25, 0.3) is 0 Å². The molecule has 0 saturated heterocycles. The Hall–Kier alpha value is -1.63. The summed E-state index contributed by atoms with van der Waals surface area (Å²) < 4.78 is 11.3. The Bertz CT molecular complexity index is 554. The third-order valence-corrected chi connectivity index (χ3v) is 9.10. The molecule has 0 aromatic heterocycles. The second-order valence-corrected chi connectivity index (χ2v) is 12.4. The van der Waals surface area contributed by atoms with Crippen LogP contribution in [0.15, 0.2) is 43.0 Å². The maximum Gasteiger partial charge on any atom is 0.407 e. The molecule has 0 aliphatic rings. The van der Waals surface area contributed by atoms with Crippen molar-refractivity contribution in [1.29, 1.82) is 0 Å². The van der Waals surface area contributed by atoms with E-state index in [4.69, 9.17) is 9.16 Å². The van der Waals surface area contributed by atoms with Crippen molar-refractivity contribution < 1.29 is 19.1 Å². The maximum absolute atomic E-state index is 12.0. The van der Waals surface area contributed by atoms with Gasteiger partial charge >= 0.3 is 6.09 Å². The second kappa shape index (κ2) is 9.17. The molecule has 0 saturated carbocycles. The summed E-state index contributed by atoms with van der Waals surface area (Å²) in [5, 5.41) is 12.8. The lowest BCUT2D eigenvalue weighted by Gasteiger charge is -2.37. The summed E-state index contributed by atoms with van der Waals surface area (Å²) in [6.45, 7) is 14.6. The van der Waals surface area contributed by atoms with Crippen LogP contribution in [0.1, 0.15) is 26.3 Å². The summed E-state index contributed by atoms with van der Waals surface area (Å²) in [6, 6.07) is 8.82. The molecule has 2 atom stereocenters. The van der Waals surface area contributed by atoms with E-state index in [9.17, 15) is 9.90 Å². The highest BCUT2D eigenvalue weighted by Gasteiger charge is 2.38. The molecule has 1 rings (SSSR count). The summed E-state index contributed by atoms with van der Waals surface area (Å²) in [7, 11) is -1.99. The molecule has 25 heavy (non-hydrogen) atoms. The number of hydrogen-bond donors (Lipinski definition) is 2. The summed E-state index contributed by atoms with van der Waals surface area (Å²) in [5.74, 6) is 0. The lowest BCUT2D eigenvalue weighted by Crippen LogP contribution is -2.50. The fraction of sp³-hybridized carbons (Fsp3) is 0.526. The van der Waals surface area contributed by atoms with Gasteiger partial charge in [0, 0.05) is 0 Å². The Kier molecular flexibility index (Phi) is 7.85. The minimum absolute atomic E-state index is 0.0461. The molecule has 0 aliphatic carbocycles. The molecular formula is C19H31NO4Si. The van der Waals surface area contributed by atoms with Crippen LogP contribution in [0.2, 0.25) is 18.1 Å². The van der Waals surface area contributed by atoms with Gasteiger partial charge in [-0.15, -0.1) is 6.58 Å². The number of carbonyl (C=O) groups excluding carboxylic acids is 1. The van der Waals surface area contributed by atoms with Crippen molar-refractivity contribution in [2.24, 2.45) is 0 Å². The second-order valence-electron chi connectivity index (χ2n) is 7.61. The number of ether oxygens (including phenoxy) is 1. The normalized spacial score (nSPS) is 14.5. The summed E-state index contributed by atoms with van der Waals surface area (Å²) in [6.07, 6.45) is -0.112. The molecule has 0 aliphatic heterocycles. The van der Waals surface area contributed by atoms with Gasteiger partial charge in [0.2, 0.25) is 0 Å². The minimum atomic E-state index is -1.99. The summed E-state index contributed by atoms with van der Waals surface area (Å²) >= 11 is 0. The number of aliphatic hydroxyl groups is 1. The van der Waals surface area contributed by atoms with Gasteiger partial charge in [0.25, 0.3) is 0 Å². The van der Waals surface area contributed by atoms with Crippen LogP contribution in [-0.2, 0) is 15.8 Å². The molecule has 0 fully saturated rings. The van der Waals surface area contributed by atoms with Gasteiger partial charge in [-0.25, -0.2) is 4.79 Å². The van der Waals surface area contributed by atoms with E-state index < -0.39 is 26.6 Å². The Morgan fingerprint density at radius 2 is 1.92 bits per heavy atom. The summed E-state index contributed by atoms with van der Waals surface area (Å²) in [5.41, 5.74) is 0.899. The smallest absolute Gasteiger partial charge is 0.407 e. The number of hydrogen-bond acceptors (Lipinski definition) is 4. The van der Waals surface area contributed by atoms with E-state index in [1.165, 1.54) is 6.08 Å². The summed E-state index contributed by atoms with van der Waals surface area (Å²) in [4.78, 5) is 12.0. The first kappa shape index (κ1) is 21.4. The zero-order valence-electron chi connectivity index (χ0n) is 15.9. The van der Waals surface area contributed by atoms with E-state index in [1.54, 1.807) is 0 Å². The highest BCUT2D eigenvalue weighted by atomic mass is 28.4. The zero-order valence-corrected chi connectivity index (χ0v) is 16.9. The number of amides is 1. The lowest BCUT2D eigenvalue weighted by molar-refractivity contribution is 0.0993. The third kappa shape index (κ3) is 7.02. The number of benzene rings is 1. The van der Waals surface area contributed by atoms with Crippen LogP contribution in [-0.4, -0.2) is 38.3 Å². The van der Waals surface area contributed by atoms with Crippen molar-refractivity contribution in [2.75, 3.05) is 6.61 Å². The van der Waals surface area contributed by atoms with Crippen molar-refractivity contribution in [3.63, 3.8) is 0 Å². The fourth-order valence-electron chi connectivity index (χ4n) is 1.82. The quantitative estimate of drug-likeness (QED) is 0.542. The highest BCUT2D eigenvalue weighted by Crippen LogP contribution is 2.36. The molecule has 1 amide bonds. The molecule has 0 bridgehead atoms. The number of nitrogens with one attached hydrogen (secondary N) is 1. The minimum Gasteiger partial charge on any atom is -0.445 e. The molecule has 5 nitrogen and oxygen atoms in total. The van der Waals surface area contributed by atoms with Crippen LogP contribution < -0.4 is 5.32 Å². The number of carbonyl (C=O) groups is 1. The van der Waals surface area contributed by atoms with Crippen LogP contribution in [0.3, 0.4) is 0 Å². The van der Waals surface area contributed by atoms with Gasteiger partial charge in [-0.05, 0) is 23.7 Å².